The van der Waals surface area contributed by atoms with Gasteiger partial charge in [-0.05, 0) is 24.6 Å². The maximum absolute atomic E-state index is 3.46. The van der Waals surface area contributed by atoms with Crippen LogP contribution in [0.5, 0.6) is 0 Å². The van der Waals surface area contributed by atoms with Crippen LogP contribution in [0.3, 0.4) is 0 Å². The molecule has 0 saturated carbocycles. The lowest BCUT2D eigenvalue weighted by molar-refractivity contribution is 0.546. The summed E-state index contributed by atoms with van der Waals surface area (Å²) in [4.78, 5) is 0. The number of hydrogen-bond donors (Lipinski definition) is 1. The highest BCUT2D eigenvalue weighted by Crippen LogP contribution is 2.12. The minimum atomic E-state index is 1.10. The van der Waals surface area contributed by atoms with E-state index in [9.17, 15) is 0 Å². The predicted molar refractivity (Wildman–Crippen MR) is 94.8 cm³/mol. The molecular weight excluding hydrogens is 254 g/mol. The van der Waals surface area contributed by atoms with Crippen LogP contribution >= 0.6 is 0 Å². The van der Waals surface area contributed by atoms with Gasteiger partial charge in [0, 0.05) is 12.2 Å². The van der Waals surface area contributed by atoms with E-state index in [0.717, 1.165) is 6.54 Å². The summed E-state index contributed by atoms with van der Waals surface area (Å²) in [6.45, 7) is 3.38. The molecule has 0 unspecified atom stereocenters. The molecule has 0 heterocycles. The van der Waals surface area contributed by atoms with Gasteiger partial charge in [0.05, 0.1) is 0 Å². The monoisotopic (exact) mass is 288 g/mol. The molecule has 0 saturated heterocycles. The second-order valence-corrected chi connectivity index (χ2v) is 6.10. The molecule has 0 atom stereocenters. The van der Waals surface area contributed by atoms with Gasteiger partial charge in [-0.1, -0.05) is 89.7 Å². The standard InChI is InChI=1S/C20H34N/c1-2-3-4-5-6-7-8-9-10-11-12-16-19-21-20-17-14-13-15-18-20/h14-15,17-18,21H,2-12,16,19H2,1H3. The third-order valence-electron chi connectivity index (χ3n) is 4.08. The summed E-state index contributed by atoms with van der Waals surface area (Å²) < 4.78 is 0. The van der Waals surface area contributed by atoms with Crippen molar-refractivity contribution in [1.29, 1.82) is 0 Å². The molecule has 0 aromatic heterocycles. The fraction of sp³-hybridized carbons (Fsp3) is 0.700. The van der Waals surface area contributed by atoms with E-state index >= 15 is 0 Å². The maximum atomic E-state index is 3.46. The van der Waals surface area contributed by atoms with Crippen molar-refractivity contribution in [3.05, 3.63) is 30.3 Å². The summed E-state index contributed by atoms with van der Waals surface area (Å²) in [5, 5.41) is 3.46. The quantitative estimate of drug-likeness (QED) is 0.380. The Balaban J connectivity index is 1.75. The second kappa shape index (κ2) is 14.0. The van der Waals surface area contributed by atoms with Gasteiger partial charge in [-0.2, -0.15) is 0 Å². The smallest absolute Gasteiger partial charge is 0.0340 e. The van der Waals surface area contributed by atoms with Gasteiger partial charge in [0.1, 0.15) is 0 Å². The molecule has 0 bridgehead atoms. The molecule has 0 aliphatic heterocycles. The Morgan fingerprint density at radius 3 is 1.71 bits per heavy atom. The fourth-order valence-corrected chi connectivity index (χ4v) is 2.70. The Kier molecular flexibility index (Phi) is 12.0. The van der Waals surface area contributed by atoms with Crippen molar-refractivity contribution in [2.45, 2.75) is 84.0 Å². The maximum Gasteiger partial charge on any atom is 0.0340 e. The lowest BCUT2D eigenvalue weighted by Gasteiger charge is -2.06. The summed E-state index contributed by atoms with van der Waals surface area (Å²) in [7, 11) is 0. The van der Waals surface area contributed by atoms with Crippen LogP contribution in [0.1, 0.15) is 84.0 Å². The highest BCUT2D eigenvalue weighted by Gasteiger charge is 1.94. The van der Waals surface area contributed by atoms with Gasteiger partial charge in [-0.25, -0.2) is 0 Å². The van der Waals surface area contributed by atoms with Crippen LogP contribution in [0.2, 0.25) is 0 Å². The zero-order valence-corrected chi connectivity index (χ0v) is 14.0. The van der Waals surface area contributed by atoms with E-state index < -0.39 is 0 Å². The first kappa shape index (κ1) is 18.1. The van der Waals surface area contributed by atoms with Gasteiger partial charge in [-0.3, -0.25) is 0 Å². The van der Waals surface area contributed by atoms with Crippen LogP contribution in [0.4, 0.5) is 5.69 Å². The third kappa shape index (κ3) is 11.4. The molecule has 0 aliphatic carbocycles. The van der Waals surface area contributed by atoms with Gasteiger partial charge in [0.25, 0.3) is 0 Å². The first-order valence-electron chi connectivity index (χ1n) is 9.13. The van der Waals surface area contributed by atoms with Crippen LogP contribution < -0.4 is 5.32 Å². The zero-order valence-electron chi connectivity index (χ0n) is 14.0. The minimum Gasteiger partial charge on any atom is -0.385 e. The van der Waals surface area contributed by atoms with Crippen LogP contribution in [0, 0.1) is 6.07 Å². The van der Waals surface area contributed by atoms with Crippen LogP contribution in [0.25, 0.3) is 0 Å². The van der Waals surface area contributed by atoms with Crippen LogP contribution in [-0.4, -0.2) is 6.54 Å². The molecule has 0 amide bonds. The van der Waals surface area contributed by atoms with Crippen molar-refractivity contribution in [3.63, 3.8) is 0 Å². The Morgan fingerprint density at radius 1 is 0.714 bits per heavy atom. The molecule has 119 valence electrons. The molecule has 1 nitrogen and oxygen atoms in total. The summed E-state index contributed by atoms with van der Waals surface area (Å²) >= 11 is 0. The van der Waals surface area contributed by atoms with E-state index in [0.29, 0.717) is 0 Å². The second-order valence-electron chi connectivity index (χ2n) is 6.10. The highest BCUT2D eigenvalue weighted by atomic mass is 14.9. The fourth-order valence-electron chi connectivity index (χ4n) is 2.70. The summed E-state index contributed by atoms with van der Waals surface area (Å²) in [5.74, 6) is 0. The van der Waals surface area contributed by atoms with Crippen molar-refractivity contribution in [2.24, 2.45) is 0 Å². The van der Waals surface area contributed by atoms with E-state index in [1.54, 1.807) is 0 Å². The van der Waals surface area contributed by atoms with Gasteiger partial charge in [-0.15, -0.1) is 0 Å². The van der Waals surface area contributed by atoms with E-state index in [4.69, 9.17) is 0 Å². The first-order chi connectivity index (χ1) is 10.4. The Morgan fingerprint density at radius 2 is 1.19 bits per heavy atom. The number of nitrogens with one attached hydrogen (secondary N) is 1. The summed E-state index contributed by atoms with van der Waals surface area (Å²) in [5.41, 5.74) is 1.22. The molecule has 1 N–H and O–H groups in total. The third-order valence-corrected chi connectivity index (χ3v) is 4.08. The van der Waals surface area contributed by atoms with E-state index in [1.807, 2.05) is 12.1 Å². The number of unbranched alkanes of at least 4 members (excludes halogenated alkanes) is 11. The molecule has 1 radical (unpaired) electrons. The number of rotatable bonds is 14. The average Bonchev–Trinajstić information content (AvgIpc) is 2.53. The minimum absolute atomic E-state index is 1.10. The molecule has 1 aromatic carbocycles. The number of hydrogen-bond acceptors (Lipinski definition) is 1. The van der Waals surface area contributed by atoms with Gasteiger partial charge < -0.3 is 5.32 Å². The predicted octanol–water partition coefficient (Wildman–Crippen LogP) is 6.60. The van der Waals surface area contributed by atoms with Crippen molar-refractivity contribution in [3.8, 4) is 0 Å². The van der Waals surface area contributed by atoms with Gasteiger partial charge >= 0.3 is 0 Å². The number of benzene rings is 1. The SMILES string of the molecule is CCCCCCCCCCCCCCNc1cc[c]cc1. The van der Waals surface area contributed by atoms with Gasteiger partial charge in [0.15, 0.2) is 0 Å². The first-order valence-corrected chi connectivity index (χ1v) is 9.13. The largest absolute Gasteiger partial charge is 0.385 e. The summed E-state index contributed by atoms with van der Waals surface area (Å²) in [6.07, 6.45) is 17.0. The topological polar surface area (TPSA) is 12.0 Å². The molecule has 0 aliphatic rings. The molecule has 1 rings (SSSR count). The zero-order chi connectivity index (χ0) is 15.0. The van der Waals surface area contributed by atoms with Crippen LogP contribution in [-0.2, 0) is 0 Å². The van der Waals surface area contributed by atoms with Crippen molar-refractivity contribution in [2.75, 3.05) is 11.9 Å². The Labute approximate surface area is 132 Å². The molecule has 0 fully saturated rings. The Bertz CT molecular complexity index is 307. The van der Waals surface area contributed by atoms with Gasteiger partial charge in [0.2, 0.25) is 0 Å². The Hall–Kier alpha value is -0.980. The van der Waals surface area contributed by atoms with Crippen LogP contribution in [0.15, 0.2) is 24.3 Å². The molecular formula is C20H34N. The van der Waals surface area contributed by atoms with E-state index in [2.05, 4.69) is 30.4 Å². The van der Waals surface area contributed by atoms with E-state index in [-0.39, 0.29) is 0 Å². The lowest BCUT2D eigenvalue weighted by atomic mass is 10.1. The lowest BCUT2D eigenvalue weighted by Crippen LogP contribution is -2.00. The van der Waals surface area contributed by atoms with Crippen molar-refractivity contribution >= 4 is 5.69 Å². The molecule has 21 heavy (non-hydrogen) atoms. The normalized spacial score (nSPS) is 10.7. The van der Waals surface area contributed by atoms with Crippen molar-refractivity contribution < 1.29 is 0 Å². The number of anilines is 1. The molecule has 1 heteroatoms. The summed E-state index contributed by atoms with van der Waals surface area (Å²) in [6, 6.07) is 11.1. The van der Waals surface area contributed by atoms with E-state index in [1.165, 1.54) is 82.7 Å². The molecule has 0 spiro atoms. The highest BCUT2D eigenvalue weighted by molar-refractivity contribution is 5.41. The molecule has 1 aromatic rings. The average molecular weight is 288 g/mol. The van der Waals surface area contributed by atoms with Crippen molar-refractivity contribution in [1.82, 2.24) is 0 Å².